The summed E-state index contributed by atoms with van der Waals surface area (Å²) in [5, 5.41) is 0. The molecule has 7 nitrogen and oxygen atoms in total. The summed E-state index contributed by atoms with van der Waals surface area (Å²) in [6, 6.07) is 3.98. The molecule has 2 amide bonds. The molecular weight excluding hydrogens is 320 g/mol. The van der Waals surface area contributed by atoms with Gasteiger partial charge >= 0.3 is 6.09 Å². The molecule has 2 aromatic heterocycles. The van der Waals surface area contributed by atoms with Crippen molar-refractivity contribution in [2.24, 2.45) is 0 Å². The number of amides is 2. The van der Waals surface area contributed by atoms with Crippen molar-refractivity contribution in [2.45, 2.75) is 27.2 Å². The molecular formula is C18H24N4O3. The van der Waals surface area contributed by atoms with Crippen molar-refractivity contribution in [3.8, 4) is 0 Å². The summed E-state index contributed by atoms with van der Waals surface area (Å²) in [7, 11) is 0. The Labute approximate surface area is 147 Å². The monoisotopic (exact) mass is 344 g/mol. The molecule has 0 aliphatic carbocycles. The molecule has 25 heavy (non-hydrogen) atoms. The number of aromatic nitrogens is 2. The first-order valence-corrected chi connectivity index (χ1v) is 8.64. The molecule has 0 N–H and O–H groups in total. The standard InChI is InChI=1S/C18H24N4O3/c1-4-25-18(24)21-10-8-20(9-11-21)16(23)12-15-14(3)19-17-13(2)6-5-7-22(15)17/h5-7H,4,8-12H2,1-3H3. The molecule has 2 aromatic rings. The minimum Gasteiger partial charge on any atom is -0.450 e. The molecule has 1 fully saturated rings. The van der Waals surface area contributed by atoms with Crippen molar-refractivity contribution >= 4 is 17.6 Å². The van der Waals surface area contributed by atoms with Crippen molar-refractivity contribution in [1.29, 1.82) is 0 Å². The summed E-state index contributed by atoms with van der Waals surface area (Å²) in [4.78, 5) is 32.5. The number of ether oxygens (including phenoxy) is 1. The molecule has 0 saturated carbocycles. The van der Waals surface area contributed by atoms with E-state index in [1.165, 1.54) is 0 Å². The lowest BCUT2D eigenvalue weighted by atomic mass is 10.2. The van der Waals surface area contributed by atoms with Gasteiger partial charge in [-0.15, -0.1) is 0 Å². The summed E-state index contributed by atoms with van der Waals surface area (Å²) in [6.07, 6.45) is 1.96. The average Bonchev–Trinajstić information content (AvgIpc) is 2.92. The van der Waals surface area contributed by atoms with Gasteiger partial charge in [0, 0.05) is 32.4 Å². The van der Waals surface area contributed by atoms with E-state index in [1.54, 1.807) is 11.8 Å². The van der Waals surface area contributed by atoms with Crippen LogP contribution in [0.25, 0.3) is 5.65 Å². The minimum absolute atomic E-state index is 0.0647. The predicted molar refractivity (Wildman–Crippen MR) is 93.5 cm³/mol. The Hall–Kier alpha value is -2.57. The van der Waals surface area contributed by atoms with E-state index in [4.69, 9.17) is 4.74 Å². The first kappa shape index (κ1) is 17.3. The van der Waals surface area contributed by atoms with Crippen LogP contribution in [0.3, 0.4) is 0 Å². The van der Waals surface area contributed by atoms with Gasteiger partial charge in [0.05, 0.1) is 24.4 Å². The van der Waals surface area contributed by atoms with Gasteiger partial charge in [0.25, 0.3) is 0 Å². The topological polar surface area (TPSA) is 67.2 Å². The lowest BCUT2D eigenvalue weighted by Gasteiger charge is -2.34. The Balaban J connectivity index is 1.67. The van der Waals surface area contributed by atoms with E-state index in [9.17, 15) is 9.59 Å². The molecule has 3 heterocycles. The predicted octanol–water partition coefficient (Wildman–Crippen LogP) is 1.79. The maximum Gasteiger partial charge on any atom is 0.409 e. The van der Waals surface area contributed by atoms with E-state index in [2.05, 4.69) is 4.98 Å². The molecule has 1 aliphatic rings. The van der Waals surface area contributed by atoms with Gasteiger partial charge in [-0.25, -0.2) is 9.78 Å². The molecule has 7 heteroatoms. The van der Waals surface area contributed by atoms with Gasteiger partial charge in [0.2, 0.25) is 5.91 Å². The van der Waals surface area contributed by atoms with E-state index >= 15 is 0 Å². The summed E-state index contributed by atoms with van der Waals surface area (Å²) < 4.78 is 7.01. The van der Waals surface area contributed by atoms with Gasteiger partial charge in [-0.05, 0) is 32.4 Å². The van der Waals surface area contributed by atoms with Crippen LogP contribution in [0, 0.1) is 13.8 Å². The number of aryl methyl sites for hydroxylation is 2. The maximum atomic E-state index is 12.7. The third-order valence-electron chi connectivity index (χ3n) is 4.62. The third kappa shape index (κ3) is 3.45. The highest BCUT2D eigenvalue weighted by atomic mass is 16.6. The lowest BCUT2D eigenvalue weighted by molar-refractivity contribution is -0.132. The van der Waals surface area contributed by atoms with Gasteiger partial charge in [0.15, 0.2) is 0 Å². The number of imidazole rings is 1. The Morgan fingerprint density at radius 3 is 2.52 bits per heavy atom. The number of carbonyl (C=O) groups is 2. The second-order valence-corrected chi connectivity index (χ2v) is 6.27. The molecule has 3 rings (SSSR count). The fraction of sp³-hybridized carbons (Fsp3) is 0.500. The zero-order valence-corrected chi connectivity index (χ0v) is 15.0. The minimum atomic E-state index is -0.303. The number of piperazine rings is 1. The second-order valence-electron chi connectivity index (χ2n) is 6.27. The number of hydrogen-bond donors (Lipinski definition) is 0. The number of hydrogen-bond acceptors (Lipinski definition) is 4. The van der Waals surface area contributed by atoms with Crippen LogP contribution in [0.2, 0.25) is 0 Å². The molecule has 0 unspecified atom stereocenters. The average molecular weight is 344 g/mol. The molecule has 1 aliphatic heterocycles. The zero-order valence-electron chi connectivity index (χ0n) is 15.0. The highest BCUT2D eigenvalue weighted by Crippen LogP contribution is 2.17. The fourth-order valence-corrected chi connectivity index (χ4v) is 3.19. The van der Waals surface area contributed by atoms with Crippen LogP contribution >= 0.6 is 0 Å². The first-order valence-electron chi connectivity index (χ1n) is 8.64. The SMILES string of the molecule is CCOC(=O)N1CCN(C(=O)Cc2c(C)nc3c(C)cccn23)CC1. The number of fused-ring (bicyclic) bond motifs is 1. The first-order chi connectivity index (χ1) is 12.0. The van der Waals surface area contributed by atoms with Crippen LogP contribution in [-0.2, 0) is 16.0 Å². The van der Waals surface area contributed by atoms with E-state index in [1.807, 2.05) is 41.5 Å². The molecule has 0 radical (unpaired) electrons. The molecule has 0 spiro atoms. The van der Waals surface area contributed by atoms with Crippen LogP contribution in [0.4, 0.5) is 4.79 Å². The smallest absolute Gasteiger partial charge is 0.409 e. The van der Waals surface area contributed by atoms with Crippen molar-refractivity contribution in [3.05, 3.63) is 35.3 Å². The molecule has 134 valence electrons. The Morgan fingerprint density at radius 2 is 1.84 bits per heavy atom. The van der Waals surface area contributed by atoms with Crippen LogP contribution in [0.15, 0.2) is 18.3 Å². The van der Waals surface area contributed by atoms with E-state index in [0.717, 1.165) is 22.6 Å². The van der Waals surface area contributed by atoms with Crippen molar-refractivity contribution in [3.63, 3.8) is 0 Å². The quantitative estimate of drug-likeness (QED) is 0.851. The Morgan fingerprint density at radius 1 is 1.16 bits per heavy atom. The van der Waals surface area contributed by atoms with Crippen LogP contribution in [0.1, 0.15) is 23.9 Å². The van der Waals surface area contributed by atoms with Crippen molar-refractivity contribution in [1.82, 2.24) is 19.2 Å². The number of rotatable bonds is 3. The van der Waals surface area contributed by atoms with Crippen LogP contribution in [-0.4, -0.2) is 64.0 Å². The fourth-order valence-electron chi connectivity index (χ4n) is 3.19. The van der Waals surface area contributed by atoms with E-state index in [0.29, 0.717) is 39.2 Å². The molecule has 0 aromatic carbocycles. The van der Waals surface area contributed by atoms with Gasteiger partial charge in [-0.2, -0.15) is 0 Å². The Bertz CT molecular complexity index is 791. The highest BCUT2D eigenvalue weighted by Gasteiger charge is 2.26. The zero-order chi connectivity index (χ0) is 18.0. The lowest BCUT2D eigenvalue weighted by Crippen LogP contribution is -2.51. The Kier molecular flexibility index (Phi) is 4.92. The second kappa shape index (κ2) is 7.13. The number of carbonyl (C=O) groups excluding carboxylic acids is 2. The summed E-state index contributed by atoms with van der Waals surface area (Å²) in [5.74, 6) is 0.0647. The number of pyridine rings is 1. The van der Waals surface area contributed by atoms with Gasteiger partial charge in [-0.1, -0.05) is 6.07 Å². The normalized spacial score (nSPS) is 14.8. The third-order valence-corrected chi connectivity index (χ3v) is 4.62. The van der Waals surface area contributed by atoms with Crippen molar-refractivity contribution in [2.75, 3.05) is 32.8 Å². The van der Waals surface area contributed by atoms with Crippen LogP contribution < -0.4 is 0 Å². The van der Waals surface area contributed by atoms with Crippen LogP contribution in [0.5, 0.6) is 0 Å². The van der Waals surface area contributed by atoms with Gasteiger partial charge in [-0.3, -0.25) is 4.79 Å². The van der Waals surface area contributed by atoms with E-state index < -0.39 is 0 Å². The number of nitrogens with zero attached hydrogens (tertiary/aromatic N) is 4. The summed E-state index contributed by atoms with van der Waals surface area (Å²) in [5.41, 5.74) is 3.80. The van der Waals surface area contributed by atoms with Gasteiger partial charge in [0.1, 0.15) is 5.65 Å². The van der Waals surface area contributed by atoms with Crippen molar-refractivity contribution < 1.29 is 14.3 Å². The summed E-state index contributed by atoms with van der Waals surface area (Å²) >= 11 is 0. The maximum absolute atomic E-state index is 12.7. The molecule has 0 atom stereocenters. The van der Waals surface area contributed by atoms with E-state index in [-0.39, 0.29) is 12.0 Å². The summed E-state index contributed by atoms with van der Waals surface area (Å²) in [6.45, 7) is 8.20. The largest absolute Gasteiger partial charge is 0.450 e. The highest BCUT2D eigenvalue weighted by molar-refractivity contribution is 5.79. The molecule has 1 saturated heterocycles. The molecule has 0 bridgehead atoms. The van der Waals surface area contributed by atoms with Gasteiger partial charge < -0.3 is 18.9 Å².